The van der Waals surface area contributed by atoms with E-state index in [9.17, 15) is 4.79 Å². The predicted molar refractivity (Wildman–Crippen MR) is 66.6 cm³/mol. The van der Waals surface area contributed by atoms with Crippen molar-refractivity contribution in [3.8, 4) is 11.8 Å². The van der Waals surface area contributed by atoms with E-state index in [1.807, 2.05) is 18.2 Å². The van der Waals surface area contributed by atoms with E-state index in [1.54, 1.807) is 6.07 Å². The molecule has 0 saturated carbocycles. The molecule has 0 aliphatic carbocycles. The minimum atomic E-state index is -0.519. The second-order valence-corrected chi connectivity index (χ2v) is 3.65. The quantitative estimate of drug-likeness (QED) is 0.758. The van der Waals surface area contributed by atoms with Gasteiger partial charge >= 0.3 is 5.97 Å². The maximum Gasteiger partial charge on any atom is 0.341 e. The number of hydrogen-bond acceptors (Lipinski definition) is 4. The fourth-order valence-electron chi connectivity index (χ4n) is 1.92. The molecule has 4 nitrogen and oxygen atoms in total. The molecule has 0 aliphatic heterocycles. The van der Waals surface area contributed by atoms with Crippen molar-refractivity contribution < 1.29 is 14.3 Å². The molecule has 0 fully saturated rings. The van der Waals surface area contributed by atoms with Crippen LogP contribution >= 0.6 is 0 Å². The van der Waals surface area contributed by atoms with Crippen LogP contribution in [-0.2, 0) is 4.74 Å². The molecular formula is C14H11NO3. The maximum absolute atomic E-state index is 11.7. The Balaban J connectivity index is 2.88. The van der Waals surface area contributed by atoms with Crippen LogP contribution in [0.1, 0.15) is 15.9 Å². The van der Waals surface area contributed by atoms with Crippen molar-refractivity contribution in [1.29, 1.82) is 5.26 Å². The van der Waals surface area contributed by atoms with Crippen molar-refractivity contribution in [2.24, 2.45) is 0 Å². The Bertz CT molecular complexity index is 656. The number of carbonyl (C=O) groups is 1. The highest BCUT2D eigenvalue weighted by Gasteiger charge is 2.18. The van der Waals surface area contributed by atoms with E-state index in [1.165, 1.54) is 20.3 Å². The Kier molecular flexibility index (Phi) is 3.16. The molecule has 90 valence electrons. The van der Waals surface area contributed by atoms with Gasteiger partial charge in [0.15, 0.2) is 0 Å². The Labute approximate surface area is 104 Å². The van der Waals surface area contributed by atoms with Crippen molar-refractivity contribution in [2.75, 3.05) is 14.2 Å². The lowest BCUT2D eigenvalue weighted by molar-refractivity contribution is 0.0597. The van der Waals surface area contributed by atoms with Crippen molar-refractivity contribution >= 4 is 16.7 Å². The lowest BCUT2D eigenvalue weighted by Crippen LogP contribution is -2.05. The number of hydrogen-bond donors (Lipinski definition) is 0. The molecule has 0 spiro atoms. The smallest absolute Gasteiger partial charge is 0.341 e. The molecule has 0 N–H and O–H groups in total. The summed E-state index contributed by atoms with van der Waals surface area (Å²) in [6, 6.07) is 10.9. The fraction of sp³-hybridized carbons (Fsp3) is 0.143. The average Bonchev–Trinajstić information content (AvgIpc) is 2.44. The summed E-state index contributed by atoms with van der Waals surface area (Å²) in [6.45, 7) is 0. The van der Waals surface area contributed by atoms with Gasteiger partial charge in [-0.3, -0.25) is 0 Å². The molecule has 0 amide bonds. The predicted octanol–water partition coefficient (Wildman–Crippen LogP) is 2.51. The first-order valence-corrected chi connectivity index (χ1v) is 5.31. The first kappa shape index (κ1) is 11.9. The van der Waals surface area contributed by atoms with Gasteiger partial charge in [0.1, 0.15) is 11.3 Å². The summed E-state index contributed by atoms with van der Waals surface area (Å²) in [4.78, 5) is 11.7. The minimum Gasteiger partial charge on any atom is -0.495 e. The second kappa shape index (κ2) is 4.76. The number of benzene rings is 2. The molecule has 0 aliphatic rings. The van der Waals surface area contributed by atoms with Gasteiger partial charge in [-0.1, -0.05) is 24.3 Å². The molecule has 2 rings (SSSR count). The topological polar surface area (TPSA) is 59.3 Å². The molecule has 0 heterocycles. The summed E-state index contributed by atoms with van der Waals surface area (Å²) in [7, 11) is 2.78. The van der Waals surface area contributed by atoms with Crippen LogP contribution in [0.2, 0.25) is 0 Å². The standard InChI is InChI=1S/C14H11NO3/c1-17-13-11-6-4-3-5-10(11)9(8-15)7-12(13)14(16)18-2/h3-7H,1-2H3. The highest BCUT2D eigenvalue weighted by molar-refractivity contribution is 6.03. The Morgan fingerprint density at radius 1 is 1.22 bits per heavy atom. The summed E-state index contributed by atoms with van der Waals surface area (Å²) in [6.07, 6.45) is 0. The van der Waals surface area contributed by atoms with Crippen molar-refractivity contribution in [3.05, 3.63) is 41.5 Å². The first-order chi connectivity index (χ1) is 8.72. The highest BCUT2D eigenvalue weighted by atomic mass is 16.5. The molecular weight excluding hydrogens is 230 g/mol. The lowest BCUT2D eigenvalue weighted by atomic mass is 10.00. The monoisotopic (exact) mass is 241 g/mol. The number of rotatable bonds is 2. The van der Waals surface area contributed by atoms with Crippen LogP contribution < -0.4 is 4.74 Å². The third-order valence-electron chi connectivity index (χ3n) is 2.73. The second-order valence-electron chi connectivity index (χ2n) is 3.65. The first-order valence-electron chi connectivity index (χ1n) is 5.31. The Morgan fingerprint density at radius 2 is 1.89 bits per heavy atom. The number of fused-ring (bicyclic) bond motifs is 1. The summed E-state index contributed by atoms with van der Waals surface area (Å²) < 4.78 is 9.97. The molecule has 0 radical (unpaired) electrons. The molecule has 0 unspecified atom stereocenters. The van der Waals surface area contributed by atoms with Gasteiger partial charge in [0, 0.05) is 10.8 Å². The average molecular weight is 241 g/mol. The normalized spacial score (nSPS) is 9.83. The largest absolute Gasteiger partial charge is 0.495 e. The van der Waals surface area contributed by atoms with Crippen molar-refractivity contribution in [1.82, 2.24) is 0 Å². The van der Waals surface area contributed by atoms with Crippen LogP contribution in [0.25, 0.3) is 10.8 Å². The van der Waals surface area contributed by atoms with E-state index < -0.39 is 5.97 Å². The summed E-state index contributed by atoms with van der Waals surface area (Å²) in [5.74, 6) is -0.0921. The number of ether oxygens (including phenoxy) is 2. The van der Waals surface area contributed by atoms with E-state index in [-0.39, 0.29) is 5.56 Å². The zero-order valence-corrected chi connectivity index (χ0v) is 10.1. The minimum absolute atomic E-state index is 0.259. The molecule has 2 aromatic carbocycles. The molecule has 18 heavy (non-hydrogen) atoms. The molecule has 0 bridgehead atoms. The van der Waals surface area contributed by atoms with E-state index >= 15 is 0 Å². The number of nitrogens with zero attached hydrogens (tertiary/aromatic N) is 1. The number of nitriles is 1. The fourth-order valence-corrected chi connectivity index (χ4v) is 1.92. The summed E-state index contributed by atoms with van der Waals surface area (Å²) in [5.41, 5.74) is 0.682. The van der Waals surface area contributed by atoms with Gasteiger partial charge in [0.25, 0.3) is 0 Å². The zero-order chi connectivity index (χ0) is 13.1. The Morgan fingerprint density at radius 3 is 2.44 bits per heavy atom. The molecule has 4 heteroatoms. The van der Waals surface area contributed by atoms with Crippen LogP contribution in [0.15, 0.2) is 30.3 Å². The number of carbonyl (C=O) groups excluding carboxylic acids is 1. The summed E-state index contributed by atoms with van der Waals surface area (Å²) in [5, 5.41) is 10.6. The van der Waals surface area contributed by atoms with Crippen LogP contribution in [0.5, 0.6) is 5.75 Å². The SMILES string of the molecule is COC(=O)c1cc(C#N)c2ccccc2c1OC. The number of methoxy groups -OCH3 is 2. The van der Waals surface area contributed by atoms with Crippen LogP contribution in [0.4, 0.5) is 0 Å². The van der Waals surface area contributed by atoms with Gasteiger partial charge < -0.3 is 9.47 Å². The molecule has 0 aromatic heterocycles. The Hall–Kier alpha value is -2.54. The lowest BCUT2D eigenvalue weighted by Gasteiger charge is -2.11. The van der Waals surface area contributed by atoms with E-state index in [2.05, 4.69) is 6.07 Å². The van der Waals surface area contributed by atoms with Crippen LogP contribution in [0.3, 0.4) is 0 Å². The molecule has 0 atom stereocenters. The van der Waals surface area contributed by atoms with Crippen molar-refractivity contribution in [2.45, 2.75) is 0 Å². The van der Waals surface area contributed by atoms with E-state index in [0.717, 1.165) is 10.8 Å². The van der Waals surface area contributed by atoms with E-state index in [0.29, 0.717) is 11.3 Å². The van der Waals surface area contributed by atoms with Gasteiger partial charge in [-0.25, -0.2) is 4.79 Å². The van der Waals surface area contributed by atoms with Gasteiger partial charge in [-0.05, 0) is 6.07 Å². The highest BCUT2D eigenvalue weighted by Crippen LogP contribution is 2.32. The molecule has 0 saturated heterocycles. The van der Waals surface area contributed by atoms with Gasteiger partial charge in [-0.2, -0.15) is 5.26 Å². The van der Waals surface area contributed by atoms with Gasteiger partial charge in [0.2, 0.25) is 0 Å². The third kappa shape index (κ3) is 1.76. The molecule has 2 aromatic rings. The van der Waals surface area contributed by atoms with Gasteiger partial charge in [-0.15, -0.1) is 0 Å². The zero-order valence-electron chi connectivity index (χ0n) is 10.1. The maximum atomic E-state index is 11.7. The number of esters is 1. The third-order valence-corrected chi connectivity index (χ3v) is 2.73. The summed E-state index contributed by atoms with van der Waals surface area (Å²) >= 11 is 0. The van der Waals surface area contributed by atoms with Crippen molar-refractivity contribution in [3.63, 3.8) is 0 Å². The van der Waals surface area contributed by atoms with Gasteiger partial charge in [0.05, 0.1) is 25.9 Å². The van der Waals surface area contributed by atoms with E-state index in [4.69, 9.17) is 14.7 Å². The van der Waals surface area contributed by atoms with Crippen LogP contribution in [0, 0.1) is 11.3 Å². The van der Waals surface area contributed by atoms with Crippen LogP contribution in [-0.4, -0.2) is 20.2 Å².